The summed E-state index contributed by atoms with van der Waals surface area (Å²) in [4.78, 5) is 0. The van der Waals surface area contributed by atoms with Crippen LogP contribution >= 0.6 is 0 Å². The van der Waals surface area contributed by atoms with E-state index in [-0.39, 0.29) is 5.03 Å². The Bertz CT molecular complexity index is 403. The summed E-state index contributed by atoms with van der Waals surface area (Å²) in [5, 5.41) is 13.4. The molecule has 0 aliphatic carbocycles. The largest absolute Gasteiger partial charge is 0.390 e. The number of alkyl halides is 2. The Balaban J connectivity index is 2.67. The molecule has 0 amide bonds. The predicted octanol–water partition coefficient (Wildman–Crippen LogP) is -0.684. The van der Waals surface area contributed by atoms with Crippen LogP contribution in [-0.2, 0) is 10.0 Å². The molecule has 1 aromatic rings. The fourth-order valence-electron chi connectivity index (χ4n) is 0.727. The van der Waals surface area contributed by atoms with Crippen LogP contribution in [0.3, 0.4) is 0 Å². The number of hydrogen-bond donors (Lipinski definition) is 3. The van der Waals surface area contributed by atoms with Gasteiger partial charge < -0.3 is 5.11 Å². The van der Waals surface area contributed by atoms with Crippen LogP contribution in [0.5, 0.6) is 0 Å². The van der Waals surface area contributed by atoms with E-state index in [1.54, 1.807) is 4.72 Å². The summed E-state index contributed by atoms with van der Waals surface area (Å²) >= 11 is 0. The number of rotatable bonds is 5. The van der Waals surface area contributed by atoms with Crippen LogP contribution < -0.4 is 4.72 Å². The van der Waals surface area contributed by atoms with E-state index in [4.69, 9.17) is 5.11 Å². The molecule has 9 heteroatoms. The number of aliphatic hydroxyl groups excluding tert-OH is 1. The quantitative estimate of drug-likeness (QED) is 0.636. The van der Waals surface area contributed by atoms with Gasteiger partial charge >= 0.3 is 0 Å². The van der Waals surface area contributed by atoms with E-state index in [1.807, 2.05) is 0 Å². The first-order valence-corrected chi connectivity index (χ1v) is 5.33. The first-order valence-electron chi connectivity index (χ1n) is 3.85. The summed E-state index contributed by atoms with van der Waals surface area (Å²) in [7, 11) is -4.02. The van der Waals surface area contributed by atoms with Gasteiger partial charge in [-0.2, -0.15) is 5.10 Å². The maximum absolute atomic E-state index is 12.5. The Morgan fingerprint density at radius 2 is 2.27 bits per heavy atom. The molecule has 0 aliphatic heterocycles. The van der Waals surface area contributed by atoms with E-state index < -0.39 is 29.1 Å². The van der Waals surface area contributed by atoms with Crippen molar-refractivity contribution in [3.05, 3.63) is 12.3 Å². The third kappa shape index (κ3) is 3.22. The normalized spacial score (nSPS) is 13.0. The molecule has 1 rings (SSSR count). The van der Waals surface area contributed by atoms with Crippen molar-refractivity contribution in [2.24, 2.45) is 0 Å². The number of sulfonamides is 1. The van der Waals surface area contributed by atoms with Gasteiger partial charge in [-0.3, -0.25) is 5.10 Å². The minimum Gasteiger partial charge on any atom is -0.390 e. The van der Waals surface area contributed by atoms with Gasteiger partial charge in [0.15, 0.2) is 5.03 Å². The van der Waals surface area contributed by atoms with Gasteiger partial charge in [0.25, 0.3) is 15.9 Å². The fourth-order valence-corrected chi connectivity index (χ4v) is 1.70. The number of nitrogens with one attached hydrogen (secondary N) is 2. The van der Waals surface area contributed by atoms with Gasteiger partial charge in [0.05, 0.1) is 12.7 Å². The lowest BCUT2D eigenvalue weighted by molar-refractivity contribution is -0.0437. The smallest absolute Gasteiger partial charge is 0.283 e. The molecule has 0 aliphatic rings. The number of halogens is 2. The Hall–Kier alpha value is -1.06. The molecule has 0 atom stereocenters. The zero-order valence-electron chi connectivity index (χ0n) is 7.44. The minimum atomic E-state index is -4.02. The average molecular weight is 241 g/mol. The van der Waals surface area contributed by atoms with Gasteiger partial charge in [-0.05, 0) is 6.07 Å². The van der Waals surface area contributed by atoms with Crippen molar-refractivity contribution in [3.63, 3.8) is 0 Å². The lowest BCUT2D eigenvalue weighted by atomic mass is 10.4. The zero-order valence-corrected chi connectivity index (χ0v) is 8.26. The summed E-state index contributed by atoms with van der Waals surface area (Å²) in [6.45, 7) is -2.58. The van der Waals surface area contributed by atoms with Gasteiger partial charge in [0.1, 0.15) is 6.61 Å². The molecule has 0 bridgehead atoms. The van der Waals surface area contributed by atoms with Crippen molar-refractivity contribution < 1.29 is 22.3 Å². The average Bonchev–Trinajstić information content (AvgIpc) is 2.69. The molecule has 3 N–H and O–H groups in total. The lowest BCUT2D eigenvalue weighted by Crippen LogP contribution is -2.39. The number of aromatic nitrogens is 2. The number of aliphatic hydroxyl groups is 1. The minimum absolute atomic E-state index is 0.309. The summed E-state index contributed by atoms with van der Waals surface area (Å²) in [6.07, 6.45) is 1.18. The standard InChI is InChI=1S/C6H9F2N3O3S/c7-6(8,4-12)3-10-15(13,14)5-1-2-9-11-5/h1-2,10,12H,3-4H2,(H,9,11). The molecule has 0 saturated heterocycles. The molecule has 1 heterocycles. The first-order chi connectivity index (χ1) is 6.87. The molecular weight excluding hydrogens is 232 g/mol. The third-order valence-electron chi connectivity index (χ3n) is 1.52. The molecule has 86 valence electrons. The zero-order chi connectivity index (χ0) is 11.5. The van der Waals surface area contributed by atoms with E-state index in [0.717, 1.165) is 6.07 Å². The molecule has 0 fully saturated rings. The van der Waals surface area contributed by atoms with Gasteiger partial charge in [-0.25, -0.2) is 21.9 Å². The molecule has 0 spiro atoms. The summed E-state index contributed by atoms with van der Waals surface area (Å²) < 4.78 is 49.2. The second-order valence-electron chi connectivity index (χ2n) is 2.76. The molecule has 0 saturated carbocycles. The highest BCUT2D eigenvalue weighted by molar-refractivity contribution is 7.89. The maximum Gasteiger partial charge on any atom is 0.283 e. The number of H-pyrrole nitrogens is 1. The number of hydrogen-bond acceptors (Lipinski definition) is 4. The van der Waals surface area contributed by atoms with E-state index in [2.05, 4.69) is 10.2 Å². The fraction of sp³-hybridized carbons (Fsp3) is 0.500. The molecule has 0 radical (unpaired) electrons. The first kappa shape index (κ1) is 12.0. The Kier molecular flexibility index (Phi) is 3.37. The van der Waals surface area contributed by atoms with E-state index >= 15 is 0 Å². The summed E-state index contributed by atoms with van der Waals surface area (Å²) in [5.41, 5.74) is 0. The van der Waals surface area contributed by atoms with Crippen LogP contribution in [0.4, 0.5) is 8.78 Å². The molecular formula is C6H9F2N3O3S. The van der Waals surface area contributed by atoms with Crippen molar-refractivity contribution in [2.75, 3.05) is 13.2 Å². The van der Waals surface area contributed by atoms with Crippen LogP contribution in [0.25, 0.3) is 0 Å². The van der Waals surface area contributed by atoms with Crippen molar-refractivity contribution in [2.45, 2.75) is 10.9 Å². The van der Waals surface area contributed by atoms with Crippen LogP contribution in [0.15, 0.2) is 17.3 Å². The highest BCUT2D eigenvalue weighted by Crippen LogP contribution is 2.11. The van der Waals surface area contributed by atoms with Crippen molar-refractivity contribution >= 4 is 10.0 Å². The van der Waals surface area contributed by atoms with Gasteiger partial charge in [-0.15, -0.1) is 0 Å². The topological polar surface area (TPSA) is 95.1 Å². The molecule has 6 nitrogen and oxygen atoms in total. The van der Waals surface area contributed by atoms with E-state index in [1.165, 1.54) is 6.20 Å². The lowest BCUT2D eigenvalue weighted by Gasteiger charge is -2.13. The van der Waals surface area contributed by atoms with E-state index in [9.17, 15) is 17.2 Å². The molecule has 0 aromatic carbocycles. The number of aromatic amines is 1. The van der Waals surface area contributed by atoms with E-state index in [0.29, 0.717) is 0 Å². The van der Waals surface area contributed by atoms with Crippen molar-refractivity contribution in [1.82, 2.24) is 14.9 Å². The predicted molar refractivity (Wildman–Crippen MR) is 45.8 cm³/mol. The van der Waals surface area contributed by atoms with Gasteiger partial charge in [-0.1, -0.05) is 0 Å². The number of nitrogens with zero attached hydrogens (tertiary/aromatic N) is 1. The third-order valence-corrected chi connectivity index (χ3v) is 2.85. The Morgan fingerprint density at radius 3 is 2.73 bits per heavy atom. The maximum atomic E-state index is 12.5. The Labute approximate surface area is 84.4 Å². The second kappa shape index (κ2) is 4.21. The van der Waals surface area contributed by atoms with Gasteiger partial charge in [0.2, 0.25) is 0 Å². The summed E-state index contributed by atoms with van der Waals surface area (Å²) in [6, 6.07) is 1.12. The van der Waals surface area contributed by atoms with Crippen LogP contribution in [0.2, 0.25) is 0 Å². The molecule has 1 aromatic heterocycles. The van der Waals surface area contributed by atoms with Crippen molar-refractivity contribution in [3.8, 4) is 0 Å². The SMILES string of the molecule is O=S(=O)(NCC(F)(F)CO)c1ccn[nH]1. The van der Waals surface area contributed by atoms with Crippen molar-refractivity contribution in [1.29, 1.82) is 0 Å². The van der Waals surface area contributed by atoms with Crippen LogP contribution in [0.1, 0.15) is 0 Å². The molecule has 0 unspecified atom stereocenters. The Morgan fingerprint density at radius 1 is 1.60 bits per heavy atom. The molecule has 15 heavy (non-hydrogen) atoms. The van der Waals surface area contributed by atoms with Gasteiger partial charge in [0, 0.05) is 0 Å². The highest BCUT2D eigenvalue weighted by atomic mass is 32.2. The monoisotopic (exact) mass is 241 g/mol. The van der Waals surface area contributed by atoms with Crippen LogP contribution in [0, 0.1) is 0 Å². The second-order valence-corrected chi connectivity index (χ2v) is 4.49. The summed E-state index contributed by atoms with van der Waals surface area (Å²) in [5.74, 6) is -3.48. The van der Waals surface area contributed by atoms with Crippen LogP contribution in [-0.4, -0.2) is 42.8 Å². The highest BCUT2D eigenvalue weighted by Gasteiger charge is 2.30.